The Morgan fingerprint density at radius 2 is 1.78 bits per heavy atom. The molecule has 45 heavy (non-hydrogen) atoms. The fourth-order valence-corrected chi connectivity index (χ4v) is 9.56. The van der Waals surface area contributed by atoms with Crippen molar-refractivity contribution in [1.29, 1.82) is 0 Å². The Bertz CT molecular complexity index is 1560. The lowest BCUT2D eigenvalue weighted by Crippen LogP contribution is -2.56. The van der Waals surface area contributed by atoms with Gasteiger partial charge in [0.25, 0.3) is 0 Å². The smallest absolute Gasteiger partial charge is 0.209 e. The Morgan fingerprint density at radius 1 is 1.04 bits per heavy atom. The molecule has 2 saturated heterocycles. The highest BCUT2D eigenvalue weighted by atomic mass is 32.2. The molecule has 10 heteroatoms. The summed E-state index contributed by atoms with van der Waals surface area (Å²) in [5, 5.41) is 7.19. The van der Waals surface area contributed by atoms with Crippen LogP contribution in [0, 0.1) is 11.8 Å². The average molecular weight is 633 g/mol. The number of anilines is 1. The fraction of sp³-hybridized carbons (Fsp3) is 0.543. The summed E-state index contributed by atoms with van der Waals surface area (Å²) in [6.07, 6.45) is 9.23. The van der Waals surface area contributed by atoms with E-state index in [4.69, 9.17) is 0 Å². The van der Waals surface area contributed by atoms with Crippen molar-refractivity contribution >= 4 is 21.9 Å². The van der Waals surface area contributed by atoms with E-state index in [0.717, 1.165) is 77.2 Å². The summed E-state index contributed by atoms with van der Waals surface area (Å²) in [6, 6.07) is 16.5. The maximum Gasteiger partial charge on any atom is 0.209 e. The number of sulfone groups is 1. The van der Waals surface area contributed by atoms with E-state index in [1.165, 1.54) is 41.0 Å². The zero-order valence-corrected chi connectivity index (χ0v) is 27.8. The number of aromatic nitrogens is 2. The molecule has 4 heterocycles. The van der Waals surface area contributed by atoms with E-state index in [2.05, 4.69) is 63.4 Å². The lowest BCUT2D eigenvalue weighted by atomic mass is 9.60. The van der Waals surface area contributed by atoms with Gasteiger partial charge in [0.2, 0.25) is 16.2 Å². The van der Waals surface area contributed by atoms with Crippen molar-refractivity contribution in [3.05, 3.63) is 72.1 Å². The maximum atomic E-state index is 12.9. The van der Waals surface area contributed by atoms with Gasteiger partial charge in [-0.25, -0.2) is 8.42 Å². The minimum absolute atomic E-state index is 0.0372. The van der Waals surface area contributed by atoms with E-state index in [1.807, 2.05) is 12.1 Å². The molecule has 2 aromatic carbocycles. The van der Waals surface area contributed by atoms with Gasteiger partial charge >= 0.3 is 0 Å². The molecule has 3 aliphatic heterocycles. The van der Waals surface area contributed by atoms with Crippen molar-refractivity contribution in [2.75, 3.05) is 51.2 Å². The average Bonchev–Trinajstić information content (AvgIpc) is 3.46. The number of aryl methyl sites for hydroxylation is 1. The second-order valence-corrected chi connectivity index (χ2v) is 15.6. The van der Waals surface area contributed by atoms with Crippen molar-refractivity contribution < 1.29 is 13.2 Å². The van der Waals surface area contributed by atoms with E-state index >= 15 is 0 Å². The highest BCUT2D eigenvalue weighted by Gasteiger charge is 2.47. The second kappa shape index (κ2) is 13.3. The number of hydrogen-bond donors (Lipinski definition) is 1. The number of likely N-dealkylation sites (tertiary alicyclic amines) is 1. The van der Waals surface area contributed by atoms with Gasteiger partial charge in [0.05, 0.1) is 11.1 Å². The maximum absolute atomic E-state index is 12.9. The molecule has 1 unspecified atom stereocenters. The molecule has 3 aliphatic rings. The molecule has 242 valence electrons. The van der Waals surface area contributed by atoms with Crippen LogP contribution in [-0.4, -0.2) is 86.8 Å². The molecule has 3 aromatic rings. The summed E-state index contributed by atoms with van der Waals surface area (Å²) in [7, 11) is 0.405. The molecule has 0 saturated carbocycles. The third-order valence-corrected chi connectivity index (χ3v) is 12.2. The minimum atomic E-state index is -3.56. The highest BCUT2D eigenvalue weighted by molar-refractivity contribution is 7.91. The number of amides is 1. The lowest BCUT2D eigenvalue weighted by Gasteiger charge is -2.52. The Hall–Kier alpha value is -3.21. The van der Waals surface area contributed by atoms with E-state index < -0.39 is 9.84 Å². The SMILES string of the molecule is CCC[C@@H](CC1(C2CCN(CC3CN(c4ccc(S(=O)(=O)c5cnn(C)c5)cc4)C3)CC2)CN(C)Cc2ccccc21)NC=O. The van der Waals surface area contributed by atoms with Crippen LogP contribution in [0.5, 0.6) is 0 Å². The number of nitrogens with zero attached hydrogens (tertiary/aromatic N) is 5. The van der Waals surface area contributed by atoms with E-state index in [0.29, 0.717) is 16.7 Å². The van der Waals surface area contributed by atoms with Crippen LogP contribution >= 0.6 is 0 Å². The summed E-state index contributed by atoms with van der Waals surface area (Å²) < 4.78 is 27.4. The molecular formula is C35H48N6O3S. The van der Waals surface area contributed by atoms with E-state index in [-0.39, 0.29) is 16.4 Å². The van der Waals surface area contributed by atoms with Gasteiger partial charge in [-0.15, -0.1) is 0 Å². The van der Waals surface area contributed by atoms with Crippen LogP contribution in [0.2, 0.25) is 0 Å². The zero-order chi connectivity index (χ0) is 31.6. The van der Waals surface area contributed by atoms with Crippen molar-refractivity contribution in [3.8, 4) is 0 Å². The Morgan fingerprint density at radius 3 is 2.44 bits per heavy atom. The van der Waals surface area contributed by atoms with Crippen LogP contribution in [0.25, 0.3) is 0 Å². The first-order valence-corrected chi connectivity index (χ1v) is 18.0. The topological polar surface area (TPSA) is 90.8 Å². The summed E-state index contributed by atoms with van der Waals surface area (Å²) >= 11 is 0. The van der Waals surface area contributed by atoms with Crippen LogP contribution in [0.4, 0.5) is 5.69 Å². The predicted octanol–water partition coefficient (Wildman–Crippen LogP) is 4.09. The van der Waals surface area contributed by atoms with Crippen LogP contribution in [0.3, 0.4) is 0 Å². The number of benzene rings is 2. The molecule has 1 aromatic heterocycles. The predicted molar refractivity (Wildman–Crippen MR) is 177 cm³/mol. The molecule has 0 spiro atoms. The van der Waals surface area contributed by atoms with Gasteiger partial charge in [-0.3, -0.25) is 9.48 Å². The first-order valence-electron chi connectivity index (χ1n) is 16.5. The third-order valence-electron chi connectivity index (χ3n) is 10.4. The number of nitrogens with one attached hydrogen (secondary N) is 1. The van der Waals surface area contributed by atoms with Crippen LogP contribution in [-0.2, 0) is 33.6 Å². The molecule has 6 rings (SSSR count). The molecule has 1 N–H and O–H groups in total. The van der Waals surface area contributed by atoms with Crippen molar-refractivity contribution in [2.24, 2.45) is 18.9 Å². The number of likely N-dealkylation sites (N-methyl/N-ethyl adjacent to an activating group) is 1. The van der Waals surface area contributed by atoms with Gasteiger partial charge in [-0.05, 0) is 87.1 Å². The summed E-state index contributed by atoms with van der Waals surface area (Å²) in [5.74, 6) is 1.19. The standard InChI is InChI=1S/C35H48N6O3S/c1-4-7-30(36-26-42)18-35(25-38(2)23-28-8-5-6-9-34(28)35)29-14-16-40(17-15-29)20-27-21-41(22-27)31-10-12-32(13-11-31)45(43,44)33-19-37-39(3)24-33/h5-6,8-13,19,24,26-27,29-30H,4,7,14-18,20-23,25H2,1-3H3,(H,36,42)/t30-,35?/m0/s1. The Kier molecular flexibility index (Phi) is 9.36. The number of hydrogen-bond acceptors (Lipinski definition) is 7. The number of piperidine rings is 1. The van der Waals surface area contributed by atoms with Crippen LogP contribution < -0.4 is 10.2 Å². The quantitative estimate of drug-likeness (QED) is 0.301. The summed E-state index contributed by atoms with van der Waals surface area (Å²) in [4.78, 5) is 19.6. The van der Waals surface area contributed by atoms with Crippen molar-refractivity contribution in [2.45, 2.75) is 66.8 Å². The van der Waals surface area contributed by atoms with E-state index in [9.17, 15) is 13.2 Å². The highest BCUT2D eigenvalue weighted by Crippen LogP contribution is 2.47. The van der Waals surface area contributed by atoms with Gasteiger partial charge in [-0.1, -0.05) is 37.6 Å². The molecular weight excluding hydrogens is 584 g/mol. The lowest BCUT2D eigenvalue weighted by molar-refractivity contribution is -0.110. The van der Waals surface area contributed by atoms with Crippen LogP contribution in [0.1, 0.15) is 50.2 Å². The van der Waals surface area contributed by atoms with Gasteiger partial charge in [0.15, 0.2) is 0 Å². The van der Waals surface area contributed by atoms with Crippen LogP contribution in [0.15, 0.2) is 70.7 Å². The number of carbonyl (C=O) groups excluding carboxylic acids is 1. The van der Waals surface area contributed by atoms with Gasteiger partial charge in [0, 0.05) is 69.0 Å². The Balaban J connectivity index is 1.07. The first kappa shape index (κ1) is 31.8. The fourth-order valence-electron chi connectivity index (χ4n) is 8.32. The molecule has 2 fully saturated rings. The number of carbonyl (C=O) groups is 1. The minimum Gasteiger partial charge on any atom is -0.371 e. The molecule has 1 amide bonds. The third kappa shape index (κ3) is 6.55. The second-order valence-electron chi connectivity index (χ2n) is 13.7. The first-order chi connectivity index (χ1) is 21.7. The zero-order valence-electron chi connectivity index (χ0n) is 26.9. The summed E-state index contributed by atoms with van der Waals surface area (Å²) in [5.41, 5.74) is 4.05. The van der Waals surface area contributed by atoms with Gasteiger partial charge in [-0.2, -0.15) is 5.10 Å². The monoisotopic (exact) mass is 632 g/mol. The molecule has 0 radical (unpaired) electrons. The largest absolute Gasteiger partial charge is 0.371 e. The number of rotatable bonds is 12. The van der Waals surface area contributed by atoms with Gasteiger partial charge < -0.3 is 20.0 Å². The Labute approximate surface area is 268 Å². The summed E-state index contributed by atoms with van der Waals surface area (Å²) in [6.45, 7) is 9.53. The van der Waals surface area contributed by atoms with Gasteiger partial charge in [0.1, 0.15) is 4.90 Å². The molecule has 0 aliphatic carbocycles. The molecule has 9 nitrogen and oxygen atoms in total. The molecule has 2 atom stereocenters. The van der Waals surface area contributed by atoms with Crippen molar-refractivity contribution in [1.82, 2.24) is 24.9 Å². The van der Waals surface area contributed by atoms with Crippen molar-refractivity contribution in [3.63, 3.8) is 0 Å². The van der Waals surface area contributed by atoms with E-state index in [1.54, 1.807) is 19.2 Å². The molecule has 0 bridgehead atoms. The normalized spacial score (nSPS) is 22.5. The number of fused-ring (bicyclic) bond motifs is 1.